The third kappa shape index (κ3) is 2.61. The monoisotopic (exact) mass is 311 g/mol. The van der Waals surface area contributed by atoms with Gasteiger partial charge in [0.2, 0.25) is 5.78 Å². The fourth-order valence-corrected chi connectivity index (χ4v) is 2.60. The molecule has 17 heavy (non-hydrogen) atoms. The van der Waals surface area contributed by atoms with Crippen molar-refractivity contribution >= 4 is 38.7 Å². The van der Waals surface area contributed by atoms with Crippen molar-refractivity contribution in [1.29, 1.82) is 0 Å². The van der Waals surface area contributed by atoms with Crippen molar-refractivity contribution in [2.24, 2.45) is 0 Å². The molecule has 0 radical (unpaired) electrons. The predicted molar refractivity (Wildman–Crippen MR) is 72.2 cm³/mol. The number of rotatable bonds is 3. The number of hydrogen-bond acceptors (Lipinski definition) is 3. The molecular weight excluding hydrogens is 302 g/mol. The molecule has 1 aromatic rings. The van der Waals surface area contributed by atoms with Crippen molar-refractivity contribution in [3.63, 3.8) is 0 Å². The highest BCUT2D eigenvalue weighted by molar-refractivity contribution is 9.10. The lowest BCUT2D eigenvalue weighted by atomic mass is 10.1. The molecule has 1 fully saturated rings. The van der Waals surface area contributed by atoms with E-state index in [2.05, 4.69) is 22.5 Å². The van der Waals surface area contributed by atoms with E-state index < -0.39 is 0 Å². The Labute approximate surface area is 112 Å². The standard InChI is InChI=1S/C12H10BrNO2S/c1-8(14-6-7-17-12(14)16)11(15)9-2-4-10(13)5-3-9/h2-5H,1,6-7H2. The van der Waals surface area contributed by atoms with Crippen molar-refractivity contribution in [3.8, 4) is 0 Å². The second-order valence-electron chi connectivity index (χ2n) is 3.55. The number of Topliss-reactive ketones (excluding diaryl/α,β-unsaturated/α-hetero) is 1. The molecule has 3 nitrogen and oxygen atoms in total. The fraction of sp³-hybridized carbons (Fsp3) is 0.167. The zero-order valence-corrected chi connectivity index (χ0v) is 11.4. The highest BCUT2D eigenvalue weighted by atomic mass is 79.9. The van der Waals surface area contributed by atoms with Crippen LogP contribution in [0.3, 0.4) is 0 Å². The lowest BCUT2D eigenvalue weighted by molar-refractivity contribution is 0.100. The molecule has 0 aliphatic carbocycles. The molecule has 1 aliphatic rings. The van der Waals surface area contributed by atoms with Gasteiger partial charge in [-0.15, -0.1) is 0 Å². The summed E-state index contributed by atoms with van der Waals surface area (Å²) in [6.07, 6.45) is 0. The number of benzene rings is 1. The van der Waals surface area contributed by atoms with Gasteiger partial charge < -0.3 is 0 Å². The molecule has 1 amide bonds. The Bertz CT molecular complexity index is 484. The summed E-state index contributed by atoms with van der Waals surface area (Å²) >= 11 is 4.52. The molecular formula is C12H10BrNO2S. The van der Waals surface area contributed by atoms with E-state index in [1.165, 1.54) is 16.7 Å². The van der Waals surface area contributed by atoms with Gasteiger partial charge in [0.15, 0.2) is 0 Å². The van der Waals surface area contributed by atoms with Gasteiger partial charge in [-0.25, -0.2) is 0 Å². The maximum atomic E-state index is 12.1. The van der Waals surface area contributed by atoms with Crippen molar-refractivity contribution in [3.05, 3.63) is 46.6 Å². The molecule has 1 saturated heterocycles. The number of carbonyl (C=O) groups excluding carboxylic acids is 2. The van der Waals surface area contributed by atoms with Crippen LogP contribution in [-0.2, 0) is 0 Å². The van der Waals surface area contributed by atoms with Crippen LogP contribution in [0.4, 0.5) is 4.79 Å². The van der Waals surface area contributed by atoms with Gasteiger partial charge in [0.05, 0.1) is 5.70 Å². The van der Waals surface area contributed by atoms with Gasteiger partial charge in [0, 0.05) is 22.3 Å². The molecule has 0 atom stereocenters. The number of ketones is 1. The van der Waals surface area contributed by atoms with Gasteiger partial charge in [0.25, 0.3) is 5.24 Å². The summed E-state index contributed by atoms with van der Waals surface area (Å²) < 4.78 is 0.910. The van der Waals surface area contributed by atoms with E-state index >= 15 is 0 Å². The second kappa shape index (κ2) is 5.06. The smallest absolute Gasteiger partial charge is 0.286 e. The number of thioether (sulfide) groups is 1. The minimum Gasteiger partial charge on any atom is -0.299 e. The quantitative estimate of drug-likeness (QED) is 0.635. The Morgan fingerprint density at radius 3 is 2.53 bits per heavy atom. The highest BCUT2D eigenvalue weighted by Gasteiger charge is 2.27. The topological polar surface area (TPSA) is 37.4 Å². The van der Waals surface area contributed by atoms with Gasteiger partial charge in [-0.3, -0.25) is 14.5 Å². The van der Waals surface area contributed by atoms with E-state index in [4.69, 9.17) is 0 Å². The molecule has 0 unspecified atom stereocenters. The SMILES string of the molecule is C=C(C(=O)c1ccc(Br)cc1)N1CCSC1=O. The van der Waals surface area contributed by atoms with Crippen LogP contribution in [0.2, 0.25) is 0 Å². The Hall–Kier alpha value is -1.07. The average molecular weight is 312 g/mol. The van der Waals surface area contributed by atoms with Crippen LogP contribution in [0.5, 0.6) is 0 Å². The van der Waals surface area contributed by atoms with Crippen LogP contribution >= 0.6 is 27.7 Å². The van der Waals surface area contributed by atoms with E-state index in [0.29, 0.717) is 17.9 Å². The summed E-state index contributed by atoms with van der Waals surface area (Å²) in [5.74, 6) is 0.513. The molecule has 1 aromatic carbocycles. The summed E-state index contributed by atoms with van der Waals surface area (Å²) in [4.78, 5) is 25.0. The van der Waals surface area contributed by atoms with E-state index in [1.807, 2.05) is 0 Å². The van der Waals surface area contributed by atoms with Crippen LogP contribution in [0.15, 0.2) is 41.0 Å². The summed E-state index contributed by atoms with van der Waals surface area (Å²) in [5.41, 5.74) is 0.797. The van der Waals surface area contributed by atoms with Crippen LogP contribution in [0, 0.1) is 0 Å². The number of allylic oxidation sites excluding steroid dienone is 1. The maximum absolute atomic E-state index is 12.1. The first-order valence-electron chi connectivity index (χ1n) is 5.03. The van der Waals surface area contributed by atoms with Gasteiger partial charge in [0.1, 0.15) is 0 Å². The number of hydrogen-bond donors (Lipinski definition) is 0. The first kappa shape index (κ1) is 12.4. The summed E-state index contributed by atoms with van der Waals surface area (Å²) in [6, 6.07) is 7.01. The van der Waals surface area contributed by atoms with Crippen LogP contribution < -0.4 is 0 Å². The van der Waals surface area contributed by atoms with Gasteiger partial charge in [-0.2, -0.15) is 0 Å². The van der Waals surface area contributed by atoms with Gasteiger partial charge >= 0.3 is 0 Å². The lowest BCUT2D eigenvalue weighted by Gasteiger charge is -2.16. The molecule has 0 saturated carbocycles. The van der Waals surface area contributed by atoms with Crippen molar-refractivity contribution in [2.45, 2.75) is 0 Å². The van der Waals surface area contributed by atoms with Gasteiger partial charge in [-0.05, 0) is 24.3 Å². The van der Waals surface area contributed by atoms with Crippen LogP contribution in [0.1, 0.15) is 10.4 Å². The predicted octanol–water partition coefficient (Wildman–Crippen LogP) is 3.31. The second-order valence-corrected chi connectivity index (χ2v) is 5.51. The number of amides is 1. The molecule has 1 aliphatic heterocycles. The molecule has 88 valence electrons. The van der Waals surface area contributed by atoms with E-state index in [9.17, 15) is 9.59 Å². The minimum atomic E-state index is -0.201. The molecule has 0 N–H and O–H groups in total. The van der Waals surface area contributed by atoms with Crippen molar-refractivity contribution in [1.82, 2.24) is 4.90 Å². The Balaban J connectivity index is 2.17. The van der Waals surface area contributed by atoms with E-state index in [0.717, 1.165) is 4.47 Å². The molecule has 5 heteroatoms. The molecule has 0 spiro atoms. The minimum absolute atomic E-state index is 0.0968. The molecule has 0 aromatic heterocycles. The third-order valence-corrected chi connectivity index (χ3v) is 3.84. The number of nitrogens with zero attached hydrogens (tertiary/aromatic N) is 1. The Morgan fingerprint density at radius 1 is 1.35 bits per heavy atom. The van der Waals surface area contributed by atoms with Crippen molar-refractivity contribution in [2.75, 3.05) is 12.3 Å². The zero-order chi connectivity index (χ0) is 12.4. The summed E-state index contributed by atoms with van der Waals surface area (Å²) in [5, 5.41) is -0.0968. The Morgan fingerprint density at radius 2 is 2.00 bits per heavy atom. The lowest BCUT2D eigenvalue weighted by Crippen LogP contribution is -2.26. The van der Waals surface area contributed by atoms with Crippen molar-refractivity contribution < 1.29 is 9.59 Å². The highest BCUT2D eigenvalue weighted by Crippen LogP contribution is 2.23. The maximum Gasteiger partial charge on any atom is 0.286 e. The Kier molecular flexibility index (Phi) is 3.69. The summed E-state index contributed by atoms with van der Waals surface area (Å²) in [6.45, 7) is 4.28. The normalized spacial score (nSPS) is 15.1. The average Bonchev–Trinajstić information content (AvgIpc) is 2.74. The zero-order valence-electron chi connectivity index (χ0n) is 8.98. The first-order valence-corrected chi connectivity index (χ1v) is 6.81. The van der Waals surface area contributed by atoms with Crippen LogP contribution in [-0.4, -0.2) is 28.2 Å². The molecule has 1 heterocycles. The summed E-state index contributed by atoms with van der Waals surface area (Å²) in [7, 11) is 0. The fourth-order valence-electron chi connectivity index (χ4n) is 1.53. The van der Waals surface area contributed by atoms with E-state index in [1.54, 1.807) is 24.3 Å². The van der Waals surface area contributed by atoms with Gasteiger partial charge in [-0.1, -0.05) is 34.3 Å². The molecule has 2 rings (SSSR count). The number of carbonyl (C=O) groups is 2. The first-order chi connectivity index (χ1) is 8.09. The van der Waals surface area contributed by atoms with Crippen LogP contribution in [0.25, 0.3) is 0 Å². The largest absolute Gasteiger partial charge is 0.299 e. The van der Waals surface area contributed by atoms with E-state index in [-0.39, 0.29) is 16.7 Å². The third-order valence-electron chi connectivity index (χ3n) is 2.46. The molecule has 0 bridgehead atoms. The number of halogens is 1.